The Morgan fingerprint density at radius 3 is 2.68 bits per heavy atom. The molecule has 0 saturated carbocycles. The van der Waals surface area contributed by atoms with Crippen LogP contribution in [0.1, 0.15) is 29.8 Å². The van der Waals surface area contributed by atoms with Gasteiger partial charge in [0, 0.05) is 0 Å². The van der Waals surface area contributed by atoms with E-state index in [9.17, 15) is 9.18 Å². The zero-order valence-electron chi connectivity index (χ0n) is 14.0. The molecule has 0 spiro atoms. The first-order valence-electron chi connectivity index (χ1n) is 7.54. The van der Waals surface area contributed by atoms with E-state index in [1.807, 2.05) is 13.8 Å². The number of ether oxygens (including phenoxy) is 2. The summed E-state index contributed by atoms with van der Waals surface area (Å²) in [6.07, 6.45) is 1.32. The van der Waals surface area contributed by atoms with Crippen molar-refractivity contribution in [1.82, 2.24) is 5.43 Å². The van der Waals surface area contributed by atoms with Crippen LogP contribution < -0.4 is 14.9 Å². The summed E-state index contributed by atoms with van der Waals surface area (Å²) in [7, 11) is 1.50. The number of nitrogens with one attached hydrogen (secondary N) is 1. The Morgan fingerprint density at radius 1 is 1.32 bits per heavy atom. The highest BCUT2D eigenvalue weighted by Gasteiger charge is 2.13. The number of nitrogens with zero attached hydrogens (tertiary/aromatic N) is 1. The van der Waals surface area contributed by atoms with Crippen LogP contribution in [0.4, 0.5) is 4.39 Å². The lowest BCUT2D eigenvalue weighted by Gasteiger charge is -2.15. The van der Waals surface area contributed by atoms with Gasteiger partial charge in [-0.2, -0.15) is 5.10 Å². The van der Waals surface area contributed by atoms with Gasteiger partial charge in [-0.05, 0) is 43.7 Å². The zero-order chi connectivity index (χ0) is 18.4. The van der Waals surface area contributed by atoms with Gasteiger partial charge >= 0.3 is 0 Å². The minimum Gasteiger partial charge on any atom is -0.493 e. The average molecular weight is 365 g/mol. The predicted molar refractivity (Wildman–Crippen MR) is 95.2 cm³/mol. The van der Waals surface area contributed by atoms with E-state index in [2.05, 4.69) is 10.5 Å². The van der Waals surface area contributed by atoms with Gasteiger partial charge in [0.2, 0.25) is 0 Å². The van der Waals surface area contributed by atoms with Crippen LogP contribution in [0.25, 0.3) is 0 Å². The molecule has 7 heteroatoms. The van der Waals surface area contributed by atoms with E-state index in [0.29, 0.717) is 22.1 Å². The maximum absolute atomic E-state index is 13.5. The average Bonchev–Trinajstić information content (AvgIpc) is 2.57. The SMILES string of the molecule is COc1cc(/C=N\NC(=O)c2ccccc2F)cc(Cl)c1OC(C)C. The molecule has 0 atom stereocenters. The summed E-state index contributed by atoms with van der Waals surface area (Å²) >= 11 is 6.21. The lowest BCUT2D eigenvalue weighted by molar-refractivity contribution is 0.0951. The van der Waals surface area contributed by atoms with Gasteiger partial charge in [-0.1, -0.05) is 23.7 Å². The van der Waals surface area contributed by atoms with Gasteiger partial charge in [-0.3, -0.25) is 4.79 Å². The predicted octanol–water partition coefficient (Wildman–Crippen LogP) is 4.04. The van der Waals surface area contributed by atoms with Gasteiger partial charge < -0.3 is 9.47 Å². The van der Waals surface area contributed by atoms with Crippen molar-refractivity contribution < 1.29 is 18.7 Å². The summed E-state index contributed by atoms with van der Waals surface area (Å²) < 4.78 is 24.4. The van der Waals surface area contributed by atoms with Gasteiger partial charge in [0.1, 0.15) is 5.82 Å². The molecule has 1 amide bonds. The molecular formula is C18H18ClFN2O3. The van der Waals surface area contributed by atoms with E-state index in [4.69, 9.17) is 21.1 Å². The molecule has 0 heterocycles. The molecule has 2 aromatic carbocycles. The summed E-state index contributed by atoms with van der Waals surface area (Å²) in [6, 6.07) is 8.95. The van der Waals surface area contributed by atoms with Crippen LogP contribution in [0, 0.1) is 5.82 Å². The van der Waals surface area contributed by atoms with Gasteiger partial charge in [-0.15, -0.1) is 0 Å². The number of carbonyl (C=O) groups excluding carboxylic acids is 1. The molecule has 25 heavy (non-hydrogen) atoms. The summed E-state index contributed by atoms with van der Waals surface area (Å²) in [4.78, 5) is 11.9. The van der Waals surface area contributed by atoms with Crippen molar-refractivity contribution in [2.24, 2.45) is 5.10 Å². The first kappa shape index (κ1) is 18.7. The smallest absolute Gasteiger partial charge is 0.274 e. The third-order valence-electron chi connectivity index (χ3n) is 3.10. The molecule has 0 aliphatic heterocycles. The van der Waals surface area contributed by atoms with Crippen molar-refractivity contribution in [2.45, 2.75) is 20.0 Å². The maximum Gasteiger partial charge on any atom is 0.274 e. The number of rotatable bonds is 6. The van der Waals surface area contributed by atoms with Crippen LogP contribution in [-0.4, -0.2) is 25.3 Å². The van der Waals surface area contributed by atoms with E-state index in [1.54, 1.807) is 18.2 Å². The Morgan fingerprint density at radius 2 is 2.04 bits per heavy atom. The lowest BCUT2D eigenvalue weighted by atomic mass is 10.2. The molecule has 1 N–H and O–H groups in total. The molecule has 0 fully saturated rings. The number of hydrazone groups is 1. The summed E-state index contributed by atoms with van der Waals surface area (Å²) in [5.74, 6) is -0.378. The van der Waals surface area contributed by atoms with Crippen LogP contribution in [0.5, 0.6) is 11.5 Å². The van der Waals surface area contributed by atoms with Crippen molar-refractivity contribution >= 4 is 23.7 Å². The molecule has 5 nitrogen and oxygen atoms in total. The summed E-state index contributed by atoms with van der Waals surface area (Å²) in [5, 5.41) is 4.18. The van der Waals surface area contributed by atoms with E-state index in [1.165, 1.54) is 31.5 Å². The van der Waals surface area contributed by atoms with Crippen molar-refractivity contribution in [3.05, 3.63) is 58.4 Å². The van der Waals surface area contributed by atoms with E-state index in [-0.39, 0.29) is 11.7 Å². The second kappa shape index (κ2) is 8.48. The van der Waals surface area contributed by atoms with Gasteiger partial charge in [0.05, 0.1) is 30.0 Å². The first-order valence-corrected chi connectivity index (χ1v) is 7.92. The standard InChI is InChI=1S/C18H18ClFN2O3/c1-11(2)25-17-14(19)8-12(9-16(17)24-3)10-21-22-18(23)13-6-4-5-7-15(13)20/h4-11H,1-3H3,(H,22,23)/b21-10-. The fourth-order valence-corrected chi connectivity index (χ4v) is 2.30. The molecular weight excluding hydrogens is 347 g/mol. The number of amides is 1. The fourth-order valence-electron chi connectivity index (χ4n) is 2.04. The Labute approximate surface area is 150 Å². The topological polar surface area (TPSA) is 59.9 Å². The van der Waals surface area contributed by atoms with Crippen molar-refractivity contribution in [2.75, 3.05) is 7.11 Å². The van der Waals surface area contributed by atoms with Crippen molar-refractivity contribution in [3.8, 4) is 11.5 Å². The van der Waals surface area contributed by atoms with E-state index in [0.717, 1.165) is 0 Å². The van der Waals surface area contributed by atoms with Crippen LogP contribution in [-0.2, 0) is 0 Å². The van der Waals surface area contributed by atoms with Crippen LogP contribution in [0.15, 0.2) is 41.5 Å². The van der Waals surface area contributed by atoms with Crippen LogP contribution >= 0.6 is 11.6 Å². The molecule has 0 bridgehead atoms. The molecule has 0 radical (unpaired) electrons. The van der Waals surface area contributed by atoms with Gasteiger partial charge in [0.15, 0.2) is 11.5 Å². The highest BCUT2D eigenvalue weighted by molar-refractivity contribution is 6.32. The number of halogens is 2. The highest BCUT2D eigenvalue weighted by Crippen LogP contribution is 2.36. The normalized spacial score (nSPS) is 11.0. The van der Waals surface area contributed by atoms with Crippen molar-refractivity contribution in [1.29, 1.82) is 0 Å². The second-order valence-corrected chi connectivity index (χ2v) is 5.79. The quantitative estimate of drug-likeness (QED) is 0.621. The summed E-state index contributed by atoms with van der Waals surface area (Å²) in [6.45, 7) is 3.76. The Kier molecular flexibility index (Phi) is 6.36. The number of methoxy groups -OCH3 is 1. The number of hydrogen-bond acceptors (Lipinski definition) is 4. The Bertz CT molecular complexity index is 794. The first-order chi connectivity index (χ1) is 11.9. The van der Waals surface area contributed by atoms with Crippen molar-refractivity contribution in [3.63, 3.8) is 0 Å². The largest absolute Gasteiger partial charge is 0.493 e. The maximum atomic E-state index is 13.5. The monoisotopic (exact) mass is 364 g/mol. The molecule has 2 aromatic rings. The minimum atomic E-state index is -0.646. The van der Waals surface area contributed by atoms with Gasteiger partial charge in [-0.25, -0.2) is 9.82 Å². The lowest BCUT2D eigenvalue weighted by Crippen LogP contribution is -2.18. The summed E-state index contributed by atoms with van der Waals surface area (Å²) in [5.41, 5.74) is 2.77. The molecule has 0 saturated heterocycles. The number of benzene rings is 2. The molecule has 0 aliphatic rings. The number of hydrogen-bond donors (Lipinski definition) is 1. The van der Waals surface area contributed by atoms with E-state index >= 15 is 0 Å². The Hall–Kier alpha value is -2.60. The zero-order valence-corrected chi connectivity index (χ0v) is 14.8. The minimum absolute atomic E-state index is 0.0639. The molecule has 132 valence electrons. The van der Waals surface area contributed by atoms with Crippen LogP contribution in [0.3, 0.4) is 0 Å². The van der Waals surface area contributed by atoms with E-state index < -0.39 is 11.7 Å². The molecule has 0 unspecified atom stereocenters. The highest BCUT2D eigenvalue weighted by atomic mass is 35.5. The fraction of sp³-hybridized carbons (Fsp3) is 0.222. The Balaban J connectivity index is 2.14. The van der Waals surface area contributed by atoms with Gasteiger partial charge in [0.25, 0.3) is 5.91 Å². The third kappa shape index (κ3) is 4.93. The molecule has 2 rings (SSSR count). The number of carbonyl (C=O) groups is 1. The molecule has 0 aliphatic carbocycles. The molecule has 0 aromatic heterocycles. The second-order valence-electron chi connectivity index (χ2n) is 5.38. The third-order valence-corrected chi connectivity index (χ3v) is 3.38. The van der Waals surface area contributed by atoms with Crippen LogP contribution in [0.2, 0.25) is 5.02 Å².